The van der Waals surface area contributed by atoms with E-state index < -0.39 is 45.8 Å². The van der Waals surface area contributed by atoms with Gasteiger partial charge in [-0.2, -0.15) is 0 Å². The minimum absolute atomic E-state index is 0.411. The zero-order valence-corrected chi connectivity index (χ0v) is 9.78. The van der Waals surface area contributed by atoms with Crippen molar-refractivity contribution in [2.24, 2.45) is 0 Å². The molecular weight excluding hydrogens is 274 g/mol. The first-order valence-corrected chi connectivity index (χ1v) is 4.93. The molecule has 0 amide bonds. The molecule has 1 aromatic rings. The van der Waals surface area contributed by atoms with E-state index in [4.69, 9.17) is 11.6 Å². The second-order valence-electron chi connectivity index (χ2n) is 3.13. The first-order chi connectivity index (χ1) is 8.36. The van der Waals surface area contributed by atoms with Gasteiger partial charge in [0.2, 0.25) is 0 Å². The van der Waals surface area contributed by atoms with Crippen molar-refractivity contribution in [3.63, 3.8) is 0 Å². The first-order valence-electron chi connectivity index (χ1n) is 4.55. The minimum Gasteiger partial charge on any atom is -0.469 e. The highest BCUT2D eigenvalue weighted by atomic mass is 35.5. The average Bonchev–Trinajstić information content (AvgIpc) is 2.29. The summed E-state index contributed by atoms with van der Waals surface area (Å²) >= 11 is 5.45. The Morgan fingerprint density at radius 3 is 2.72 bits per heavy atom. The number of aromatic nitrogens is 1. The van der Waals surface area contributed by atoms with E-state index in [1.807, 2.05) is 0 Å². The van der Waals surface area contributed by atoms with Crippen molar-refractivity contribution in [1.82, 2.24) is 4.98 Å². The molecular formula is C9H7ClF2N2O4. The second-order valence-corrected chi connectivity index (χ2v) is 3.54. The Bertz CT molecular complexity index is 496. The number of nitrogens with zero attached hydrogens (tertiary/aromatic N) is 2. The number of pyridine rings is 1. The van der Waals surface area contributed by atoms with Gasteiger partial charge in [0.25, 0.3) is 12.1 Å². The average molecular weight is 281 g/mol. The highest BCUT2D eigenvalue weighted by Crippen LogP contribution is 2.30. The third-order valence-corrected chi connectivity index (χ3v) is 2.30. The molecule has 0 aliphatic carbocycles. The standard InChI is InChI=1S/C9H7ClF2N2O4/c1-18-7(15)3-5-6(14(16)17)2-4(10)8(13-5)9(11)12/h2,9H,3H2,1H3. The zero-order valence-electron chi connectivity index (χ0n) is 9.02. The molecule has 0 spiro atoms. The molecule has 1 aromatic heterocycles. The lowest BCUT2D eigenvalue weighted by Crippen LogP contribution is -2.10. The summed E-state index contributed by atoms with van der Waals surface area (Å²) in [6.07, 6.45) is -3.57. The zero-order chi connectivity index (χ0) is 13.9. The lowest BCUT2D eigenvalue weighted by Gasteiger charge is -2.06. The molecule has 0 aliphatic heterocycles. The molecule has 0 saturated carbocycles. The van der Waals surface area contributed by atoms with Crippen LogP contribution in [-0.4, -0.2) is 23.0 Å². The summed E-state index contributed by atoms with van der Waals surface area (Å²) in [6, 6.07) is 0.744. The van der Waals surface area contributed by atoms with Crippen LogP contribution in [-0.2, 0) is 16.0 Å². The van der Waals surface area contributed by atoms with Crippen molar-refractivity contribution in [2.45, 2.75) is 12.8 Å². The molecule has 0 aliphatic rings. The van der Waals surface area contributed by atoms with Gasteiger partial charge in [-0.25, -0.2) is 13.8 Å². The van der Waals surface area contributed by atoms with E-state index in [1.165, 1.54) is 0 Å². The maximum atomic E-state index is 12.5. The molecule has 0 N–H and O–H groups in total. The van der Waals surface area contributed by atoms with Gasteiger partial charge in [-0.15, -0.1) is 0 Å². The fourth-order valence-corrected chi connectivity index (χ4v) is 1.41. The van der Waals surface area contributed by atoms with Crippen LogP contribution in [0.1, 0.15) is 17.8 Å². The molecule has 0 aromatic carbocycles. The molecule has 0 radical (unpaired) electrons. The quantitative estimate of drug-likeness (QED) is 0.480. The molecule has 1 heterocycles. The molecule has 18 heavy (non-hydrogen) atoms. The van der Waals surface area contributed by atoms with Crippen LogP contribution in [0.15, 0.2) is 6.07 Å². The lowest BCUT2D eigenvalue weighted by molar-refractivity contribution is -0.385. The number of hydrogen-bond acceptors (Lipinski definition) is 5. The summed E-state index contributed by atoms with van der Waals surface area (Å²) in [7, 11) is 1.07. The van der Waals surface area contributed by atoms with Crippen LogP contribution in [0.2, 0.25) is 5.02 Å². The number of ether oxygens (including phenoxy) is 1. The number of esters is 1. The third-order valence-electron chi connectivity index (χ3n) is 2.00. The van der Waals surface area contributed by atoms with E-state index in [0.29, 0.717) is 0 Å². The van der Waals surface area contributed by atoms with Gasteiger partial charge < -0.3 is 4.74 Å². The van der Waals surface area contributed by atoms with Crippen molar-refractivity contribution in [3.8, 4) is 0 Å². The van der Waals surface area contributed by atoms with Crippen molar-refractivity contribution < 1.29 is 23.2 Å². The minimum atomic E-state index is -2.99. The van der Waals surface area contributed by atoms with Crippen molar-refractivity contribution in [2.75, 3.05) is 7.11 Å². The number of nitro groups is 1. The molecule has 0 bridgehead atoms. The second kappa shape index (κ2) is 5.67. The van der Waals surface area contributed by atoms with Crippen LogP contribution in [0.3, 0.4) is 0 Å². The molecule has 0 unspecified atom stereocenters. The van der Waals surface area contributed by atoms with E-state index in [9.17, 15) is 23.7 Å². The van der Waals surface area contributed by atoms with Crippen molar-refractivity contribution in [3.05, 3.63) is 32.6 Å². The van der Waals surface area contributed by atoms with Crippen molar-refractivity contribution >= 4 is 23.3 Å². The summed E-state index contributed by atoms with van der Waals surface area (Å²) < 4.78 is 29.4. The maximum Gasteiger partial charge on any atom is 0.311 e. The largest absolute Gasteiger partial charge is 0.469 e. The van der Waals surface area contributed by atoms with E-state index >= 15 is 0 Å². The Labute approximate surface area is 105 Å². The molecule has 6 nitrogen and oxygen atoms in total. The third kappa shape index (κ3) is 3.10. The molecule has 0 atom stereocenters. The smallest absolute Gasteiger partial charge is 0.311 e. The summed E-state index contributed by atoms with van der Waals surface area (Å²) in [6.45, 7) is 0. The topological polar surface area (TPSA) is 82.3 Å². The van der Waals surface area contributed by atoms with Crippen LogP contribution in [0, 0.1) is 10.1 Å². The van der Waals surface area contributed by atoms with Gasteiger partial charge in [-0.1, -0.05) is 11.6 Å². The number of carbonyl (C=O) groups is 1. The summed E-state index contributed by atoms with van der Waals surface area (Å²) in [5.41, 5.74) is -1.82. The van der Waals surface area contributed by atoms with Gasteiger partial charge in [-0.05, 0) is 0 Å². The number of carbonyl (C=O) groups excluding carboxylic acids is 1. The van der Waals surface area contributed by atoms with Crippen LogP contribution in [0.4, 0.5) is 14.5 Å². The highest BCUT2D eigenvalue weighted by molar-refractivity contribution is 6.31. The first kappa shape index (κ1) is 14.2. The summed E-state index contributed by atoms with van der Waals surface area (Å²) in [5, 5.41) is 10.2. The predicted octanol–water partition coefficient (Wildman–Crippen LogP) is 2.30. The van der Waals surface area contributed by atoms with Gasteiger partial charge in [0.15, 0.2) is 0 Å². The Balaban J connectivity index is 3.30. The van der Waals surface area contributed by atoms with Gasteiger partial charge >= 0.3 is 5.97 Å². The Kier molecular flexibility index (Phi) is 4.49. The Morgan fingerprint density at radius 2 is 2.28 bits per heavy atom. The molecule has 1 rings (SSSR count). The van der Waals surface area contributed by atoms with Crippen LogP contribution >= 0.6 is 11.6 Å². The number of alkyl halides is 2. The molecule has 0 saturated heterocycles. The predicted molar refractivity (Wildman–Crippen MR) is 56.6 cm³/mol. The van der Waals surface area contributed by atoms with Crippen LogP contribution in [0.5, 0.6) is 0 Å². The molecule has 0 fully saturated rings. The number of methoxy groups -OCH3 is 1. The lowest BCUT2D eigenvalue weighted by atomic mass is 10.2. The SMILES string of the molecule is COC(=O)Cc1nc(C(F)F)c(Cl)cc1[N+](=O)[O-]. The normalized spacial score (nSPS) is 10.5. The molecule has 98 valence electrons. The van der Waals surface area contributed by atoms with Crippen LogP contribution < -0.4 is 0 Å². The molecule has 9 heteroatoms. The number of rotatable bonds is 4. The Hall–Kier alpha value is -1.83. The van der Waals surface area contributed by atoms with Gasteiger partial charge in [0.05, 0.1) is 23.5 Å². The highest BCUT2D eigenvalue weighted by Gasteiger charge is 2.25. The van der Waals surface area contributed by atoms with Crippen LogP contribution in [0.25, 0.3) is 0 Å². The monoisotopic (exact) mass is 280 g/mol. The maximum absolute atomic E-state index is 12.5. The van der Waals surface area contributed by atoms with E-state index in [1.54, 1.807) is 0 Å². The van der Waals surface area contributed by atoms with E-state index in [0.717, 1.165) is 13.2 Å². The van der Waals surface area contributed by atoms with Crippen molar-refractivity contribution in [1.29, 1.82) is 0 Å². The number of hydrogen-bond donors (Lipinski definition) is 0. The fourth-order valence-electron chi connectivity index (χ4n) is 1.18. The van der Waals surface area contributed by atoms with E-state index in [-0.39, 0.29) is 0 Å². The summed E-state index contributed by atoms with van der Waals surface area (Å²) in [5.74, 6) is -0.826. The summed E-state index contributed by atoms with van der Waals surface area (Å²) in [4.78, 5) is 24.2. The Morgan fingerprint density at radius 1 is 1.67 bits per heavy atom. The fraction of sp³-hybridized carbons (Fsp3) is 0.333. The van der Waals surface area contributed by atoms with Gasteiger partial charge in [-0.3, -0.25) is 14.9 Å². The number of halogens is 3. The van der Waals surface area contributed by atoms with Gasteiger partial charge in [0.1, 0.15) is 11.4 Å². The van der Waals surface area contributed by atoms with E-state index in [2.05, 4.69) is 9.72 Å². The van der Waals surface area contributed by atoms with Gasteiger partial charge in [0, 0.05) is 6.07 Å².